The molecule has 3 aromatic rings. The van der Waals surface area contributed by atoms with Crippen molar-refractivity contribution in [1.29, 1.82) is 0 Å². The monoisotopic (exact) mass is 460 g/mol. The lowest BCUT2D eigenvalue weighted by Gasteiger charge is -2.26. The molecule has 2 atom stereocenters. The first kappa shape index (κ1) is 21.9. The summed E-state index contributed by atoms with van der Waals surface area (Å²) < 4.78 is 44.0. The lowest BCUT2D eigenvalue weighted by molar-refractivity contribution is 0.126. The van der Waals surface area contributed by atoms with Crippen LogP contribution in [0.1, 0.15) is 57.9 Å². The Hall–Kier alpha value is -2.88. The van der Waals surface area contributed by atoms with Gasteiger partial charge >= 0.3 is 0 Å². The van der Waals surface area contributed by atoms with Crippen molar-refractivity contribution in [2.45, 2.75) is 70.1 Å². The van der Waals surface area contributed by atoms with Crippen molar-refractivity contribution in [2.24, 2.45) is 5.92 Å². The number of aromatic nitrogens is 4. The SMILES string of the molecule is C[C@H]1CCC[C@H]1n1c(Nc2c(F)cc(F)cc2F)nc2cnc(NC3CCC(O)CC3)nc21. The molecular weight excluding hydrogens is 433 g/mol. The van der Waals surface area contributed by atoms with E-state index in [1.165, 1.54) is 0 Å². The minimum atomic E-state index is -1.03. The smallest absolute Gasteiger partial charge is 0.224 e. The van der Waals surface area contributed by atoms with Crippen LogP contribution in [0.3, 0.4) is 0 Å². The maximum atomic E-state index is 14.4. The molecule has 3 N–H and O–H groups in total. The number of rotatable bonds is 5. The predicted octanol–water partition coefficient (Wildman–Crippen LogP) is 5.06. The number of hydrogen-bond acceptors (Lipinski definition) is 6. The molecule has 5 rings (SSSR count). The zero-order valence-corrected chi connectivity index (χ0v) is 18.4. The lowest BCUT2D eigenvalue weighted by Crippen LogP contribution is -2.29. The first-order valence-corrected chi connectivity index (χ1v) is 11.5. The molecule has 0 aliphatic heterocycles. The number of fused-ring (bicyclic) bond motifs is 1. The molecule has 0 radical (unpaired) electrons. The highest BCUT2D eigenvalue weighted by atomic mass is 19.1. The molecule has 7 nitrogen and oxygen atoms in total. The average molecular weight is 461 g/mol. The molecule has 2 aromatic heterocycles. The summed E-state index contributed by atoms with van der Waals surface area (Å²) in [7, 11) is 0. The second-order valence-electron chi connectivity index (χ2n) is 9.20. The van der Waals surface area contributed by atoms with Gasteiger partial charge in [-0.3, -0.25) is 4.57 Å². The van der Waals surface area contributed by atoms with Gasteiger partial charge in [0, 0.05) is 24.2 Å². The summed E-state index contributed by atoms with van der Waals surface area (Å²) in [5.41, 5.74) is 0.627. The van der Waals surface area contributed by atoms with E-state index in [-0.39, 0.29) is 24.1 Å². The van der Waals surface area contributed by atoms with Gasteiger partial charge in [0.1, 0.15) is 17.0 Å². The van der Waals surface area contributed by atoms with E-state index in [1.807, 2.05) is 4.57 Å². The summed E-state index contributed by atoms with van der Waals surface area (Å²) in [6.07, 6.45) is 7.44. The predicted molar refractivity (Wildman–Crippen MR) is 119 cm³/mol. The summed E-state index contributed by atoms with van der Waals surface area (Å²) in [5, 5.41) is 15.8. The van der Waals surface area contributed by atoms with Crippen molar-refractivity contribution >= 4 is 28.7 Å². The number of hydrogen-bond donors (Lipinski definition) is 3. The standard InChI is InChI=1S/C23H27F3N6O/c1-12-3-2-4-19(12)32-21-18(11-27-22(31-21)28-14-5-7-15(33)8-6-14)29-23(32)30-20-16(25)9-13(24)10-17(20)26/h9-12,14-15,19,33H,2-8H2,1H3,(H,29,30)(H,27,28,31)/t12-,14?,15?,19+/m0/s1. The van der Waals surface area contributed by atoms with E-state index >= 15 is 0 Å². The Morgan fingerprint density at radius 3 is 2.39 bits per heavy atom. The van der Waals surface area contributed by atoms with Crippen molar-refractivity contribution in [2.75, 3.05) is 10.6 Å². The van der Waals surface area contributed by atoms with E-state index in [4.69, 9.17) is 4.98 Å². The maximum absolute atomic E-state index is 14.4. The molecule has 2 fully saturated rings. The van der Waals surface area contributed by atoms with Gasteiger partial charge in [0.15, 0.2) is 17.3 Å². The third-order valence-electron chi connectivity index (χ3n) is 6.85. The van der Waals surface area contributed by atoms with Crippen LogP contribution in [0.4, 0.5) is 30.8 Å². The van der Waals surface area contributed by atoms with Crippen LogP contribution in [0.15, 0.2) is 18.3 Å². The Morgan fingerprint density at radius 2 is 1.73 bits per heavy atom. The highest BCUT2D eigenvalue weighted by molar-refractivity contribution is 5.76. The van der Waals surface area contributed by atoms with Crippen molar-refractivity contribution in [3.63, 3.8) is 0 Å². The van der Waals surface area contributed by atoms with Crippen LogP contribution in [0, 0.1) is 23.4 Å². The van der Waals surface area contributed by atoms with Gasteiger partial charge in [-0.1, -0.05) is 13.3 Å². The molecule has 2 heterocycles. The second-order valence-corrected chi connectivity index (χ2v) is 9.20. The van der Waals surface area contributed by atoms with E-state index in [1.54, 1.807) is 6.20 Å². The number of halogens is 3. The van der Waals surface area contributed by atoms with Gasteiger partial charge in [0.2, 0.25) is 11.9 Å². The molecule has 33 heavy (non-hydrogen) atoms. The quantitative estimate of drug-likeness (QED) is 0.493. The van der Waals surface area contributed by atoms with Gasteiger partial charge in [0.05, 0.1) is 12.3 Å². The lowest BCUT2D eigenvalue weighted by atomic mass is 9.93. The van der Waals surface area contributed by atoms with Crippen LogP contribution in [-0.4, -0.2) is 36.8 Å². The Bertz CT molecular complexity index is 1140. The number of aliphatic hydroxyl groups is 1. The summed E-state index contributed by atoms with van der Waals surface area (Å²) in [4.78, 5) is 13.6. The topological polar surface area (TPSA) is 87.9 Å². The second kappa shape index (κ2) is 8.81. The van der Waals surface area contributed by atoms with Crippen molar-refractivity contribution in [3.05, 3.63) is 35.8 Å². The van der Waals surface area contributed by atoms with E-state index in [2.05, 4.69) is 27.5 Å². The van der Waals surface area contributed by atoms with Crippen molar-refractivity contribution < 1.29 is 18.3 Å². The van der Waals surface area contributed by atoms with Crippen molar-refractivity contribution in [1.82, 2.24) is 19.5 Å². The van der Waals surface area contributed by atoms with Gasteiger partial charge in [-0.15, -0.1) is 0 Å². The average Bonchev–Trinajstić information content (AvgIpc) is 3.34. The molecule has 10 heteroatoms. The fourth-order valence-electron chi connectivity index (χ4n) is 5.05. The Kier molecular flexibility index (Phi) is 5.86. The zero-order valence-electron chi connectivity index (χ0n) is 18.4. The number of nitrogens with one attached hydrogen (secondary N) is 2. The van der Waals surface area contributed by atoms with E-state index in [0.717, 1.165) is 44.9 Å². The normalized spacial score (nSPS) is 25.5. The summed E-state index contributed by atoms with van der Waals surface area (Å²) >= 11 is 0. The van der Waals surface area contributed by atoms with Crippen LogP contribution in [-0.2, 0) is 0 Å². The van der Waals surface area contributed by atoms with E-state index in [0.29, 0.717) is 35.2 Å². The molecule has 1 aromatic carbocycles. The molecule has 0 unspecified atom stereocenters. The molecular formula is C23H27F3N6O. The molecule has 0 bridgehead atoms. The van der Waals surface area contributed by atoms with Gasteiger partial charge in [-0.25, -0.2) is 23.1 Å². The number of anilines is 3. The van der Waals surface area contributed by atoms with Gasteiger partial charge in [-0.2, -0.15) is 4.98 Å². The molecule has 0 saturated heterocycles. The zero-order chi connectivity index (χ0) is 23.1. The molecule has 2 aliphatic rings. The largest absolute Gasteiger partial charge is 0.393 e. The van der Waals surface area contributed by atoms with Crippen LogP contribution in [0.2, 0.25) is 0 Å². The Balaban J connectivity index is 1.53. The van der Waals surface area contributed by atoms with E-state index < -0.39 is 23.1 Å². The number of aliphatic hydroxyl groups excluding tert-OH is 1. The van der Waals surface area contributed by atoms with Gasteiger partial charge < -0.3 is 15.7 Å². The van der Waals surface area contributed by atoms with Gasteiger partial charge in [0.25, 0.3) is 0 Å². The van der Waals surface area contributed by atoms with E-state index in [9.17, 15) is 18.3 Å². The maximum Gasteiger partial charge on any atom is 0.224 e. The molecule has 2 saturated carbocycles. The fourth-order valence-corrected chi connectivity index (χ4v) is 5.05. The number of nitrogens with zero attached hydrogens (tertiary/aromatic N) is 4. The van der Waals surface area contributed by atoms with Crippen LogP contribution in [0.5, 0.6) is 0 Å². The molecule has 0 spiro atoms. The first-order chi connectivity index (χ1) is 15.9. The molecule has 0 amide bonds. The molecule has 2 aliphatic carbocycles. The third-order valence-corrected chi connectivity index (χ3v) is 6.85. The summed E-state index contributed by atoms with van der Waals surface area (Å²) in [5.74, 6) is -2.00. The minimum absolute atomic E-state index is 0.0525. The fraction of sp³-hybridized carbons (Fsp3) is 0.522. The highest BCUT2D eigenvalue weighted by Crippen LogP contribution is 2.40. The summed E-state index contributed by atoms with van der Waals surface area (Å²) in [6, 6.07) is 1.50. The summed E-state index contributed by atoms with van der Waals surface area (Å²) in [6.45, 7) is 2.14. The number of benzene rings is 1. The number of imidazole rings is 1. The Labute approximate surface area is 189 Å². The highest BCUT2D eigenvalue weighted by Gasteiger charge is 2.30. The van der Waals surface area contributed by atoms with Crippen LogP contribution < -0.4 is 10.6 Å². The molecule has 176 valence electrons. The van der Waals surface area contributed by atoms with Crippen molar-refractivity contribution in [3.8, 4) is 0 Å². The Morgan fingerprint density at radius 1 is 1.00 bits per heavy atom. The van der Waals surface area contributed by atoms with Crippen LogP contribution >= 0.6 is 0 Å². The minimum Gasteiger partial charge on any atom is -0.393 e. The first-order valence-electron chi connectivity index (χ1n) is 11.5. The van der Waals surface area contributed by atoms with Crippen LogP contribution in [0.25, 0.3) is 11.2 Å². The van der Waals surface area contributed by atoms with Gasteiger partial charge in [-0.05, 0) is 44.4 Å². The third kappa shape index (κ3) is 4.36.